The fraction of sp³-hybridized carbons (Fsp3) is 0.848. The molecule has 0 aliphatic heterocycles. The van der Waals surface area contributed by atoms with Crippen LogP contribution in [0.25, 0.3) is 0 Å². The molecule has 0 rings (SSSR count). The van der Waals surface area contributed by atoms with E-state index >= 15 is 0 Å². The van der Waals surface area contributed by atoms with E-state index in [0.29, 0.717) is 25.7 Å². The lowest BCUT2D eigenvalue weighted by molar-refractivity contribution is -0.975. The number of unbranched alkanes of at least 4 members (excludes halogenated alkanes) is 12. The normalized spacial score (nSPS) is 15.5. The Morgan fingerprint density at radius 3 is 1.32 bits per heavy atom. The van der Waals surface area contributed by atoms with Crippen LogP contribution < -0.4 is 5.11 Å². The van der Waals surface area contributed by atoms with Crippen LogP contribution in [0.5, 0.6) is 0 Å². The van der Waals surface area contributed by atoms with Crippen LogP contribution >= 0.6 is 0 Å². The van der Waals surface area contributed by atoms with Crippen LogP contribution in [-0.2, 0) is 14.4 Å². The average Bonchev–Trinajstić information content (AvgIpc) is 2.91. The zero-order valence-corrected chi connectivity index (χ0v) is 26.2. The summed E-state index contributed by atoms with van der Waals surface area (Å²) in [6, 6.07) is -3.35. The summed E-state index contributed by atoms with van der Waals surface area (Å²) in [5.41, 5.74) is 0. The van der Waals surface area contributed by atoms with Crippen LogP contribution in [0.15, 0.2) is 12.2 Å². The molecular formula is C33H61NO6. The molecule has 7 heteroatoms. The maximum Gasteiger partial charge on any atom is 0.362 e. The molecule has 0 aliphatic rings. The predicted molar refractivity (Wildman–Crippen MR) is 161 cm³/mol. The molecule has 0 fully saturated rings. The van der Waals surface area contributed by atoms with E-state index in [0.717, 1.165) is 25.7 Å². The Morgan fingerprint density at radius 1 is 0.575 bits per heavy atom. The second-order valence-electron chi connectivity index (χ2n) is 11.6. The molecule has 0 spiro atoms. The van der Waals surface area contributed by atoms with Gasteiger partial charge in [-0.05, 0) is 51.4 Å². The Balaban J connectivity index is 5.17. The lowest BCUT2D eigenvalue weighted by Gasteiger charge is -2.52. The zero-order valence-electron chi connectivity index (χ0n) is 26.2. The summed E-state index contributed by atoms with van der Waals surface area (Å²) in [5, 5.41) is 32.9. The maximum absolute atomic E-state index is 12.5. The standard InChI is InChI=1S/C33H61NO6/c1-5-9-10-11-12-13-14-15-16-17-18-19-20-21-22-23-27-34(28(24-6-2)31(35)36,29(25-7-3)32(37)38)30(26-8-4)33(39)40/h18-19,28-30H,5-17,20-27H2,1-4H3,(H2-,35,36,37,38,39,40)/b19-18+. The van der Waals surface area contributed by atoms with Gasteiger partial charge in [-0.25, -0.2) is 9.59 Å². The average molecular weight is 568 g/mol. The molecule has 0 heterocycles. The highest BCUT2D eigenvalue weighted by atomic mass is 16.4. The molecule has 0 radical (unpaired) electrons. The molecule has 40 heavy (non-hydrogen) atoms. The number of carbonyl (C=O) groups is 3. The Labute approximate surface area is 245 Å². The fourth-order valence-electron chi connectivity index (χ4n) is 6.27. The molecular weight excluding hydrogens is 506 g/mol. The van der Waals surface area contributed by atoms with E-state index in [1.165, 1.54) is 57.8 Å². The highest BCUT2D eigenvalue weighted by molar-refractivity contribution is 5.77. The van der Waals surface area contributed by atoms with Gasteiger partial charge in [-0.1, -0.05) is 97.6 Å². The van der Waals surface area contributed by atoms with Crippen LogP contribution in [0.1, 0.15) is 156 Å². The van der Waals surface area contributed by atoms with Crippen molar-refractivity contribution < 1.29 is 34.2 Å². The lowest BCUT2D eigenvalue weighted by Crippen LogP contribution is -2.74. The van der Waals surface area contributed by atoms with Crippen LogP contribution in [0, 0.1) is 0 Å². The first-order valence-corrected chi connectivity index (χ1v) is 16.4. The van der Waals surface area contributed by atoms with Gasteiger partial charge in [0.25, 0.3) is 0 Å². The minimum Gasteiger partial charge on any atom is -0.544 e. The maximum atomic E-state index is 12.5. The van der Waals surface area contributed by atoms with Crippen molar-refractivity contribution in [2.45, 2.75) is 174 Å². The van der Waals surface area contributed by atoms with E-state index < -0.39 is 40.5 Å². The Bertz CT molecular complexity index is 647. The summed E-state index contributed by atoms with van der Waals surface area (Å²) < 4.78 is -0.447. The number of hydrogen-bond acceptors (Lipinski definition) is 4. The summed E-state index contributed by atoms with van der Waals surface area (Å²) in [6.45, 7) is 8.02. The van der Waals surface area contributed by atoms with Crippen molar-refractivity contribution in [3.8, 4) is 0 Å². The van der Waals surface area contributed by atoms with Crippen LogP contribution in [0.2, 0.25) is 0 Å². The summed E-state index contributed by atoms with van der Waals surface area (Å²) in [7, 11) is 0. The van der Waals surface area contributed by atoms with Crippen molar-refractivity contribution in [1.82, 2.24) is 0 Å². The molecule has 3 atom stereocenters. The quantitative estimate of drug-likeness (QED) is 0.0584. The van der Waals surface area contributed by atoms with Gasteiger partial charge in [0.15, 0.2) is 12.1 Å². The van der Waals surface area contributed by atoms with Gasteiger partial charge in [0.05, 0.1) is 12.5 Å². The monoisotopic (exact) mass is 567 g/mol. The Hall–Kier alpha value is -1.89. The number of allylic oxidation sites excluding steroid dienone is 2. The molecule has 0 aromatic heterocycles. The Kier molecular flexibility index (Phi) is 22.7. The van der Waals surface area contributed by atoms with E-state index in [4.69, 9.17) is 0 Å². The third-order valence-electron chi connectivity index (χ3n) is 8.33. The van der Waals surface area contributed by atoms with Gasteiger partial charge in [-0.2, -0.15) is 0 Å². The van der Waals surface area contributed by atoms with E-state index in [1.807, 2.05) is 20.8 Å². The van der Waals surface area contributed by atoms with Crippen molar-refractivity contribution in [1.29, 1.82) is 0 Å². The van der Waals surface area contributed by atoms with Gasteiger partial charge >= 0.3 is 11.9 Å². The van der Waals surface area contributed by atoms with Gasteiger partial charge in [0.1, 0.15) is 6.04 Å². The molecule has 0 aliphatic carbocycles. The van der Waals surface area contributed by atoms with E-state index in [9.17, 15) is 29.7 Å². The van der Waals surface area contributed by atoms with Crippen molar-refractivity contribution in [3.63, 3.8) is 0 Å². The first-order chi connectivity index (χ1) is 19.2. The smallest absolute Gasteiger partial charge is 0.362 e. The van der Waals surface area contributed by atoms with Gasteiger partial charge in [0, 0.05) is 19.3 Å². The zero-order chi connectivity index (χ0) is 30.2. The van der Waals surface area contributed by atoms with Gasteiger partial charge in [0.2, 0.25) is 0 Å². The number of nitrogens with zero attached hydrogens (tertiary/aromatic N) is 1. The molecule has 0 saturated heterocycles. The third-order valence-corrected chi connectivity index (χ3v) is 8.33. The number of hydrogen-bond donors (Lipinski definition) is 2. The highest BCUT2D eigenvalue weighted by Gasteiger charge is 2.54. The largest absolute Gasteiger partial charge is 0.544 e. The van der Waals surface area contributed by atoms with E-state index in [1.54, 1.807) is 0 Å². The predicted octanol–water partition coefficient (Wildman–Crippen LogP) is 7.27. The van der Waals surface area contributed by atoms with Crippen molar-refractivity contribution >= 4 is 17.9 Å². The van der Waals surface area contributed by atoms with Gasteiger partial charge in [-0.15, -0.1) is 0 Å². The number of quaternary nitrogens is 1. The van der Waals surface area contributed by atoms with Gasteiger partial charge < -0.3 is 20.1 Å². The first kappa shape index (κ1) is 38.1. The molecule has 0 bridgehead atoms. The first-order valence-electron chi connectivity index (χ1n) is 16.4. The summed E-state index contributed by atoms with van der Waals surface area (Å²) in [5.74, 6) is -3.58. The fourth-order valence-corrected chi connectivity index (χ4v) is 6.27. The van der Waals surface area contributed by atoms with Crippen molar-refractivity contribution in [2.75, 3.05) is 6.54 Å². The number of rotatable bonds is 28. The van der Waals surface area contributed by atoms with Crippen LogP contribution in [0.4, 0.5) is 0 Å². The third kappa shape index (κ3) is 14.1. The molecule has 7 nitrogen and oxygen atoms in total. The number of carboxylic acids is 3. The van der Waals surface area contributed by atoms with Crippen molar-refractivity contribution in [2.24, 2.45) is 0 Å². The van der Waals surface area contributed by atoms with Crippen LogP contribution in [0.3, 0.4) is 0 Å². The topological polar surface area (TPSA) is 115 Å². The number of aliphatic carboxylic acids is 3. The summed E-state index contributed by atoms with van der Waals surface area (Å²) in [6.07, 6.45) is 22.9. The van der Waals surface area contributed by atoms with Crippen molar-refractivity contribution in [3.05, 3.63) is 12.2 Å². The molecule has 2 N–H and O–H groups in total. The molecule has 234 valence electrons. The molecule has 0 aromatic carbocycles. The summed E-state index contributed by atoms with van der Waals surface area (Å²) in [4.78, 5) is 37.5. The lowest BCUT2D eigenvalue weighted by atomic mass is 9.91. The SMILES string of the molecule is CCCCCCCCCCC/C=C/CCCCC[N+](C(CCC)C(=O)[O-])(C(CCC)C(=O)O)C(CCC)C(=O)O. The van der Waals surface area contributed by atoms with E-state index in [2.05, 4.69) is 19.1 Å². The van der Waals surface area contributed by atoms with Crippen LogP contribution in [-0.4, -0.2) is 57.3 Å². The molecule has 0 amide bonds. The second-order valence-corrected chi connectivity index (χ2v) is 11.6. The minimum absolute atomic E-state index is 0.199. The highest BCUT2D eigenvalue weighted by Crippen LogP contribution is 2.34. The summed E-state index contributed by atoms with van der Waals surface area (Å²) >= 11 is 0. The number of carbonyl (C=O) groups excluding carboxylic acids is 1. The number of carboxylic acid groups (broad SMARTS) is 3. The van der Waals surface area contributed by atoms with E-state index in [-0.39, 0.29) is 25.8 Å². The van der Waals surface area contributed by atoms with Gasteiger partial charge in [-0.3, -0.25) is 4.48 Å². The second kappa shape index (κ2) is 23.8. The minimum atomic E-state index is -1.34. The molecule has 3 unspecified atom stereocenters. The Morgan fingerprint density at radius 2 is 0.950 bits per heavy atom. The molecule has 0 aromatic rings. The molecule has 0 saturated carbocycles.